The Morgan fingerprint density at radius 1 is 0.800 bits per heavy atom. The first-order chi connectivity index (χ1) is 14.5. The molecule has 3 aromatic carbocycles. The van der Waals surface area contributed by atoms with Crippen LogP contribution in [0.3, 0.4) is 0 Å². The molecule has 148 valence electrons. The summed E-state index contributed by atoms with van der Waals surface area (Å²) in [5, 5.41) is 11.5. The molecule has 0 saturated carbocycles. The summed E-state index contributed by atoms with van der Waals surface area (Å²) in [5.41, 5.74) is 3.86. The Kier molecular flexibility index (Phi) is 5.73. The molecule has 1 fully saturated rings. The fraction of sp³-hybridized carbons (Fsp3) is 0.214. The van der Waals surface area contributed by atoms with Gasteiger partial charge >= 0.3 is 0 Å². The predicted octanol–water partition coefficient (Wildman–Crippen LogP) is 4.32. The van der Waals surface area contributed by atoms with Gasteiger partial charge in [0.1, 0.15) is 0 Å². The van der Waals surface area contributed by atoms with Gasteiger partial charge in [0, 0.05) is 24.2 Å². The second kappa shape index (κ2) is 8.60. The number of hydrogen-bond acceptors (Lipinski definition) is 2. The minimum atomic E-state index is -1.39. The van der Waals surface area contributed by atoms with Gasteiger partial charge in [0.25, 0.3) is 0 Å². The lowest BCUT2D eigenvalue weighted by atomic mass is 9.98. The van der Waals surface area contributed by atoms with E-state index in [1.54, 1.807) is 0 Å². The molecular formula is C28H25NO. The number of aryl methyl sites for hydroxylation is 2. The van der Waals surface area contributed by atoms with Gasteiger partial charge in [0.15, 0.2) is 0 Å². The standard InChI is InChI=1S/C28H25NO/c1-22-10-6-8-14-25(22)16-18-28(30,19-17-26-15-9-7-11-23(26)2)27-21-29(27)20-24-12-4-3-5-13-24/h3-15,27,30H,20-21H2,1-2H3. The molecule has 1 aliphatic rings. The molecule has 0 bridgehead atoms. The van der Waals surface area contributed by atoms with Crippen LogP contribution in [0.5, 0.6) is 0 Å². The molecule has 0 aromatic heterocycles. The van der Waals surface area contributed by atoms with E-state index >= 15 is 0 Å². The Hall–Kier alpha value is -3.30. The Morgan fingerprint density at radius 3 is 1.83 bits per heavy atom. The Balaban J connectivity index is 1.64. The van der Waals surface area contributed by atoms with E-state index in [1.807, 2.05) is 80.6 Å². The highest BCUT2D eigenvalue weighted by Crippen LogP contribution is 2.31. The van der Waals surface area contributed by atoms with Gasteiger partial charge in [0.2, 0.25) is 5.60 Å². The third-order valence-electron chi connectivity index (χ3n) is 5.49. The predicted molar refractivity (Wildman–Crippen MR) is 122 cm³/mol. The van der Waals surface area contributed by atoms with Crippen molar-refractivity contribution < 1.29 is 5.11 Å². The van der Waals surface area contributed by atoms with Crippen LogP contribution < -0.4 is 0 Å². The van der Waals surface area contributed by atoms with Crippen LogP contribution in [0.1, 0.15) is 27.8 Å². The van der Waals surface area contributed by atoms with Crippen molar-refractivity contribution in [1.82, 2.24) is 4.90 Å². The first-order valence-electron chi connectivity index (χ1n) is 10.2. The van der Waals surface area contributed by atoms with E-state index in [2.05, 4.69) is 40.7 Å². The molecule has 1 saturated heterocycles. The average molecular weight is 392 g/mol. The molecule has 4 rings (SSSR count). The summed E-state index contributed by atoms with van der Waals surface area (Å²) in [6, 6.07) is 26.1. The van der Waals surface area contributed by atoms with Crippen molar-refractivity contribution in [1.29, 1.82) is 0 Å². The third-order valence-corrected chi connectivity index (χ3v) is 5.49. The van der Waals surface area contributed by atoms with Gasteiger partial charge in [-0.3, -0.25) is 4.90 Å². The fourth-order valence-electron chi connectivity index (χ4n) is 3.51. The smallest absolute Gasteiger partial charge is 0.205 e. The maximum absolute atomic E-state index is 11.5. The molecule has 0 amide bonds. The van der Waals surface area contributed by atoms with Crippen molar-refractivity contribution in [3.8, 4) is 23.7 Å². The third kappa shape index (κ3) is 4.64. The molecule has 3 aromatic rings. The van der Waals surface area contributed by atoms with Gasteiger partial charge in [-0.05, 0) is 54.5 Å². The average Bonchev–Trinajstić information content (AvgIpc) is 3.53. The van der Waals surface area contributed by atoms with Crippen LogP contribution in [0.25, 0.3) is 0 Å². The lowest BCUT2D eigenvalue weighted by molar-refractivity contribution is 0.143. The molecule has 2 nitrogen and oxygen atoms in total. The first-order valence-corrected chi connectivity index (χ1v) is 10.2. The first kappa shape index (κ1) is 20.0. The van der Waals surface area contributed by atoms with Gasteiger partial charge in [0.05, 0.1) is 6.04 Å². The number of aliphatic hydroxyl groups is 1. The summed E-state index contributed by atoms with van der Waals surface area (Å²) in [6.45, 7) is 5.62. The van der Waals surface area contributed by atoms with E-state index in [9.17, 15) is 5.11 Å². The lowest BCUT2D eigenvalue weighted by Gasteiger charge is -2.16. The number of rotatable bonds is 3. The number of hydrogen-bond donors (Lipinski definition) is 1. The van der Waals surface area contributed by atoms with Crippen LogP contribution in [0.15, 0.2) is 78.9 Å². The molecule has 1 heterocycles. The molecule has 0 spiro atoms. The van der Waals surface area contributed by atoms with Crippen LogP contribution >= 0.6 is 0 Å². The van der Waals surface area contributed by atoms with E-state index < -0.39 is 5.60 Å². The highest BCUT2D eigenvalue weighted by molar-refractivity contribution is 5.49. The zero-order valence-corrected chi connectivity index (χ0v) is 17.4. The number of benzene rings is 3. The molecule has 30 heavy (non-hydrogen) atoms. The maximum Gasteiger partial charge on any atom is 0.205 e. The lowest BCUT2D eigenvalue weighted by Crippen LogP contribution is -2.34. The molecule has 0 radical (unpaired) electrons. The summed E-state index contributed by atoms with van der Waals surface area (Å²) in [7, 11) is 0. The van der Waals surface area contributed by atoms with Crippen LogP contribution in [-0.4, -0.2) is 28.2 Å². The minimum absolute atomic E-state index is 0.106. The zero-order chi connectivity index (χ0) is 21.0. The molecular weight excluding hydrogens is 366 g/mol. The van der Waals surface area contributed by atoms with Gasteiger partial charge in [-0.25, -0.2) is 0 Å². The van der Waals surface area contributed by atoms with Crippen molar-refractivity contribution in [2.75, 3.05) is 6.54 Å². The normalized spacial score (nSPS) is 17.3. The number of nitrogens with zero attached hydrogens (tertiary/aromatic N) is 1. The van der Waals surface area contributed by atoms with E-state index in [-0.39, 0.29) is 6.04 Å². The minimum Gasteiger partial charge on any atom is -0.366 e. The second-order valence-electron chi connectivity index (χ2n) is 7.83. The van der Waals surface area contributed by atoms with Crippen molar-refractivity contribution >= 4 is 0 Å². The van der Waals surface area contributed by atoms with Crippen LogP contribution in [0.4, 0.5) is 0 Å². The van der Waals surface area contributed by atoms with Crippen LogP contribution in [-0.2, 0) is 6.54 Å². The van der Waals surface area contributed by atoms with E-state index in [4.69, 9.17) is 0 Å². The summed E-state index contributed by atoms with van der Waals surface area (Å²) < 4.78 is 0. The van der Waals surface area contributed by atoms with E-state index in [1.165, 1.54) is 5.56 Å². The van der Waals surface area contributed by atoms with Gasteiger partial charge in [-0.15, -0.1) is 0 Å². The largest absolute Gasteiger partial charge is 0.366 e. The van der Waals surface area contributed by atoms with Crippen LogP contribution in [0, 0.1) is 37.5 Å². The van der Waals surface area contributed by atoms with Crippen molar-refractivity contribution in [2.45, 2.75) is 32.0 Å². The summed E-state index contributed by atoms with van der Waals surface area (Å²) in [6.07, 6.45) is 0. The second-order valence-corrected chi connectivity index (χ2v) is 7.83. The van der Waals surface area contributed by atoms with Crippen molar-refractivity contribution in [2.24, 2.45) is 0 Å². The summed E-state index contributed by atoms with van der Waals surface area (Å²) in [4.78, 5) is 2.22. The topological polar surface area (TPSA) is 23.2 Å². The summed E-state index contributed by atoms with van der Waals surface area (Å²) >= 11 is 0. The fourth-order valence-corrected chi connectivity index (χ4v) is 3.51. The molecule has 2 heteroatoms. The van der Waals surface area contributed by atoms with E-state index in [0.29, 0.717) is 0 Å². The van der Waals surface area contributed by atoms with Crippen LogP contribution in [0.2, 0.25) is 0 Å². The Bertz CT molecular complexity index is 1090. The quantitative estimate of drug-likeness (QED) is 0.531. The molecule has 1 aliphatic heterocycles. The van der Waals surface area contributed by atoms with Crippen molar-refractivity contribution in [3.05, 3.63) is 107 Å². The van der Waals surface area contributed by atoms with Gasteiger partial charge in [-0.1, -0.05) is 78.6 Å². The van der Waals surface area contributed by atoms with Gasteiger partial charge < -0.3 is 5.11 Å². The molecule has 2 unspecified atom stereocenters. The monoisotopic (exact) mass is 391 g/mol. The Morgan fingerprint density at radius 2 is 1.30 bits per heavy atom. The summed E-state index contributed by atoms with van der Waals surface area (Å²) in [5.74, 6) is 12.6. The highest BCUT2D eigenvalue weighted by atomic mass is 16.3. The molecule has 2 atom stereocenters. The molecule has 1 N–H and O–H groups in total. The van der Waals surface area contributed by atoms with E-state index in [0.717, 1.165) is 35.3 Å². The SMILES string of the molecule is Cc1ccccc1C#CC(O)(C#Cc1ccccc1C)C1CN1Cc1ccccc1. The maximum atomic E-state index is 11.5. The van der Waals surface area contributed by atoms with Gasteiger partial charge in [-0.2, -0.15) is 0 Å². The highest BCUT2D eigenvalue weighted by Gasteiger charge is 2.49. The molecule has 0 aliphatic carbocycles. The zero-order valence-electron chi connectivity index (χ0n) is 17.4. The van der Waals surface area contributed by atoms with Crippen molar-refractivity contribution in [3.63, 3.8) is 0 Å². The Labute approximate surface area is 179 Å².